The number of amides is 1. The van der Waals surface area contributed by atoms with Gasteiger partial charge in [0, 0.05) is 11.3 Å². The molecule has 0 unspecified atom stereocenters. The molecule has 5 heteroatoms. The van der Waals surface area contributed by atoms with E-state index in [0.29, 0.717) is 29.2 Å². The fraction of sp³-hybridized carbons (Fsp3) is 0.0909. The Bertz CT molecular complexity index is 903. The van der Waals surface area contributed by atoms with Gasteiger partial charge in [0.15, 0.2) is 0 Å². The van der Waals surface area contributed by atoms with Crippen LogP contribution in [0.15, 0.2) is 78.9 Å². The number of rotatable bonds is 7. The highest BCUT2D eigenvalue weighted by atomic mass is 16.5. The SMILES string of the molecule is O=C(O)Cc1ccc(NC(=O)c2ccc(OCc3ccccc3)cc2)cc1. The number of ether oxygens (including phenoxy) is 1. The lowest BCUT2D eigenvalue weighted by Gasteiger charge is -2.08. The van der Waals surface area contributed by atoms with Gasteiger partial charge in [-0.05, 0) is 47.5 Å². The van der Waals surface area contributed by atoms with Gasteiger partial charge in [-0.1, -0.05) is 42.5 Å². The van der Waals surface area contributed by atoms with Crippen molar-refractivity contribution in [2.24, 2.45) is 0 Å². The monoisotopic (exact) mass is 361 g/mol. The van der Waals surface area contributed by atoms with Crippen LogP contribution in [0.25, 0.3) is 0 Å². The molecule has 0 aliphatic carbocycles. The van der Waals surface area contributed by atoms with Crippen molar-refractivity contribution in [2.75, 3.05) is 5.32 Å². The van der Waals surface area contributed by atoms with Gasteiger partial charge in [-0.2, -0.15) is 0 Å². The van der Waals surface area contributed by atoms with Gasteiger partial charge in [-0.3, -0.25) is 9.59 Å². The standard InChI is InChI=1S/C22H19NO4/c24-21(25)14-16-6-10-19(11-7-16)23-22(26)18-8-12-20(13-9-18)27-15-17-4-2-1-3-5-17/h1-13H,14-15H2,(H,23,26)(H,24,25). The first-order chi connectivity index (χ1) is 13.1. The summed E-state index contributed by atoms with van der Waals surface area (Å²) in [5.74, 6) is -0.439. The highest BCUT2D eigenvalue weighted by Gasteiger charge is 2.07. The summed E-state index contributed by atoms with van der Waals surface area (Å²) in [6.07, 6.45) is -0.0430. The number of carboxylic acids is 1. The van der Waals surface area contributed by atoms with E-state index in [4.69, 9.17) is 9.84 Å². The fourth-order valence-corrected chi connectivity index (χ4v) is 2.53. The molecule has 0 heterocycles. The average Bonchev–Trinajstić information content (AvgIpc) is 2.69. The van der Waals surface area contributed by atoms with Crippen molar-refractivity contribution in [3.63, 3.8) is 0 Å². The van der Waals surface area contributed by atoms with Crippen LogP contribution in [0.5, 0.6) is 5.75 Å². The molecule has 0 bridgehead atoms. The van der Waals surface area contributed by atoms with Crippen LogP contribution in [0.1, 0.15) is 21.5 Å². The molecule has 0 saturated heterocycles. The number of anilines is 1. The Balaban J connectivity index is 1.56. The van der Waals surface area contributed by atoms with Gasteiger partial charge in [0.2, 0.25) is 0 Å². The van der Waals surface area contributed by atoms with E-state index in [-0.39, 0.29) is 12.3 Å². The second-order valence-corrected chi connectivity index (χ2v) is 6.02. The van der Waals surface area contributed by atoms with Crippen molar-refractivity contribution >= 4 is 17.6 Å². The number of hydrogen-bond donors (Lipinski definition) is 2. The summed E-state index contributed by atoms with van der Waals surface area (Å²) in [5.41, 5.74) is 2.88. The zero-order valence-corrected chi connectivity index (χ0v) is 14.6. The van der Waals surface area contributed by atoms with E-state index in [0.717, 1.165) is 5.56 Å². The number of benzene rings is 3. The number of hydrogen-bond acceptors (Lipinski definition) is 3. The maximum Gasteiger partial charge on any atom is 0.307 e. The number of carbonyl (C=O) groups is 2. The topological polar surface area (TPSA) is 75.6 Å². The molecule has 0 spiro atoms. The quantitative estimate of drug-likeness (QED) is 0.663. The molecule has 3 aromatic carbocycles. The van der Waals surface area contributed by atoms with Crippen LogP contribution in [0.2, 0.25) is 0 Å². The highest BCUT2D eigenvalue weighted by molar-refractivity contribution is 6.04. The molecular formula is C22H19NO4. The van der Waals surface area contributed by atoms with E-state index < -0.39 is 5.97 Å². The molecule has 0 aliphatic rings. The van der Waals surface area contributed by atoms with Crippen LogP contribution >= 0.6 is 0 Å². The minimum atomic E-state index is -0.888. The van der Waals surface area contributed by atoms with Gasteiger partial charge < -0.3 is 15.2 Å². The number of nitrogens with one attached hydrogen (secondary N) is 1. The zero-order valence-electron chi connectivity index (χ0n) is 14.6. The van der Waals surface area contributed by atoms with Crippen LogP contribution in [0, 0.1) is 0 Å². The molecule has 1 amide bonds. The van der Waals surface area contributed by atoms with E-state index in [1.54, 1.807) is 48.5 Å². The maximum atomic E-state index is 12.3. The molecule has 0 fully saturated rings. The Hall–Kier alpha value is -3.60. The molecule has 0 aliphatic heterocycles. The Morgan fingerprint density at radius 2 is 1.48 bits per heavy atom. The van der Waals surface area contributed by atoms with Gasteiger partial charge in [0.1, 0.15) is 12.4 Å². The predicted octanol–water partition coefficient (Wildman–Crippen LogP) is 4.15. The third kappa shape index (κ3) is 5.44. The molecular weight excluding hydrogens is 342 g/mol. The van der Waals surface area contributed by atoms with Crippen LogP contribution in [0.4, 0.5) is 5.69 Å². The average molecular weight is 361 g/mol. The summed E-state index contributed by atoms with van der Waals surface area (Å²) >= 11 is 0. The first-order valence-electron chi connectivity index (χ1n) is 8.49. The lowest BCUT2D eigenvalue weighted by molar-refractivity contribution is -0.136. The molecule has 0 atom stereocenters. The Morgan fingerprint density at radius 3 is 2.11 bits per heavy atom. The molecule has 2 N–H and O–H groups in total. The normalized spacial score (nSPS) is 10.2. The van der Waals surface area contributed by atoms with Gasteiger partial charge >= 0.3 is 5.97 Å². The second-order valence-electron chi connectivity index (χ2n) is 6.02. The van der Waals surface area contributed by atoms with E-state index in [9.17, 15) is 9.59 Å². The van der Waals surface area contributed by atoms with E-state index in [2.05, 4.69) is 5.32 Å². The number of carbonyl (C=O) groups excluding carboxylic acids is 1. The molecule has 5 nitrogen and oxygen atoms in total. The summed E-state index contributed by atoms with van der Waals surface area (Å²) in [7, 11) is 0. The molecule has 0 saturated carbocycles. The molecule has 27 heavy (non-hydrogen) atoms. The Morgan fingerprint density at radius 1 is 0.815 bits per heavy atom. The van der Waals surface area contributed by atoms with Crippen molar-refractivity contribution in [1.29, 1.82) is 0 Å². The Kier molecular flexibility index (Phi) is 5.84. The summed E-state index contributed by atoms with van der Waals surface area (Å²) in [6.45, 7) is 0.467. The van der Waals surface area contributed by atoms with Gasteiger partial charge in [-0.25, -0.2) is 0 Å². The summed E-state index contributed by atoms with van der Waals surface area (Å²) < 4.78 is 5.71. The fourth-order valence-electron chi connectivity index (χ4n) is 2.53. The van der Waals surface area contributed by atoms with E-state index >= 15 is 0 Å². The Labute approximate surface area is 157 Å². The minimum absolute atomic E-state index is 0.0430. The summed E-state index contributed by atoms with van der Waals surface area (Å²) in [4.78, 5) is 23.0. The summed E-state index contributed by atoms with van der Waals surface area (Å²) in [6, 6.07) is 23.5. The molecule has 3 rings (SSSR count). The maximum absolute atomic E-state index is 12.3. The van der Waals surface area contributed by atoms with Crippen LogP contribution < -0.4 is 10.1 Å². The predicted molar refractivity (Wildman–Crippen MR) is 103 cm³/mol. The van der Waals surface area contributed by atoms with E-state index in [1.807, 2.05) is 30.3 Å². The van der Waals surface area contributed by atoms with E-state index in [1.165, 1.54) is 0 Å². The van der Waals surface area contributed by atoms with Crippen molar-refractivity contribution in [3.05, 3.63) is 95.6 Å². The van der Waals surface area contributed by atoms with Crippen molar-refractivity contribution in [1.82, 2.24) is 0 Å². The number of carboxylic acid groups (broad SMARTS) is 1. The van der Waals surface area contributed by atoms with Crippen LogP contribution in [0.3, 0.4) is 0 Å². The lowest BCUT2D eigenvalue weighted by atomic mass is 10.1. The third-order valence-electron chi connectivity index (χ3n) is 3.93. The second kappa shape index (κ2) is 8.67. The first kappa shape index (κ1) is 18.2. The van der Waals surface area contributed by atoms with Crippen molar-refractivity contribution in [2.45, 2.75) is 13.0 Å². The molecule has 0 radical (unpaired) electrons. The van der Waals surface area contributed by atoms with Crippen LogP contribution in [-0.2, 0) is 17.8 Å². The van der Waals surface area contributed by atoms with Crippen molar-refractivity contribution < 1.29 is 19.4 Å². The third-order valence-corrected chi connectivity index (χ3v) is 3.93. The molecule has 0 aromatic heterocycles. The molecule has 136 valence electrons. The lowest BCUT2D eigenvalue weighted by Crippen LogP contribution is -2.11. The molecule has 3 aromatic rings. The van der Waals surface area contributed by atoms with Gasteiger partial charge in [0.05, 0.1) is 6.42 Å². The van der Waals surface area contributed by atoms with Crippen molar-refractivity contribution in [3.8, 4) is 5.75 Å². The highest BCUT2D eigenvalue weighted by Crippen LogP contribution is 2.16. The smallest absolute Gasteiger partial charge is 0.307 e. The minimum Gasteiger partial charge on any atom is -0.489 e. The number of aliphatic carboxylic acids is 1. The van der Waals surface area contributed by atoms with Gasteiger partial charge in [-0.15, -0.1) is 0 Å². The first-order valence-corrected chi connectivity index (χ1v) is 8.49. The largest absolute Gasteiger partial charge is 0.489 e. The van der Waals surface area contributed by atoms with Gasteiger partial charge in [0.25, 0.3) is 5.91 Å². The van der Waals surface area contributed by atoms with Crippen LogP contribution in [-0.4, -0.2) is 17.0 Å². The summed E-state index contributed by atoms with van der Waals surface area (Å²) in [5, 5.41) is 11.6. The zero-order chi connectivity index (χ0) is 19.1.